The van der Waals surface area contributed by atoms with Crippen molar-refractivity contribution in [1.29, 1.82) is 0 Å². The first-order valence-corrected chi connectivity index (χ1v) is 9.84. The number of aryl methyl sites for hydroxylation is 1. The number of hydrogen-bond donors (Lipinski definition) is 1. The molecule has 4 heterocycles. The van der Waals surface area contributed by atoms with Gasteiger partial charge in [-0.25, -0.2) is 9.97 Å². The van der Waals surface area contributed by atoms with Gasteiger partial charge in [0.2, 0.25) is 0 Å². The number of thiophene rings is 1. The maximum Gasteiger partial charge on any atom is 0.199 e. The molecule has 0 unspecified atom stereocenters. The van der Waals surface area contributed by atoms with Gasteiger partial charge in [0, 0.05) is 23.9 Å². The number of furan rings is 1. The third-order valence-corrected chi connectivity index (χ3v) is 6.02. The van der Waals surface area contributed by atoms with Crippen LogP contribution in [0.4, 0.5) is 5.82 Å². The zero-order chi connectivity index (χ0) is 17.4. The Kier molecular flexibility index (Phi) is 4.48. The van der Waals surface area contributed by atoms with E-state index < -0.39 is 0 Å². The van der Waals surface area contributed by atoms with Crippen LogP contribution >= 0.6 is 11.3 Å². The molecule has 2 N–H and O–H groups in total. The fourth-order valence-corrected chi connectivity index (χ4v) is 4.52. The van der Waals surface area contributed by atoms with Crippen molar-refractivity contribution < 1.29 is 4.42 Å². The molecule has 132 valence electrons. The molecule has 0 aromatic carbocycles. The summed E-state index contributed by atoms with van der Waals surface area (Å²) < 4.78 is 5.78. The van der Waals surface area contributed by atoms with E-state index in [0.717, 1.165) is 28.9 Å². The average Bonchev–Trinajstić information content (AvgIpc) is 3.23. The minimum absolute atomic E-state index is 0.531. The predicted octanol–water partition coefficient (Wildman–Crippen LogP) is 4.47. The third kappa shape index (κ3) is 3.28. The highest BCUT2D eigenvalue weighted by Crippen LogP contribution is 2.32. The Bertz CT molecular complexity index is 885. The highest BCUT2D eigenvalue weighted by Gasteiger charge is 2.20. The molecule has 0 radical (unpaired) electrons. The van der Waals surface area contributed by atoms with Gasteiger partial charge in [-0.2, -0.15) is 0 Å². The number of anilines is 1. The smallest absolute Gasteiger partial charge is 0.199 e. The monoisotopic (exact) mass is 356 g/mol. The van der Waals surface area contributed by atoms with Gasteiger partial charge >= 0.3 is 0 Å². The lowest BCUT2D eigenvalue weighted by atomic mass is 10.0. The summed E-state index contributed by atoms with van der Waals surface area (Å²) in [5.74, 6) is 2.72. The first-order valence-electron chi connectivity index (χ1n) is 9.03. The molecule has 0 aliphatic carbocycles. The van der Waals surface area contributed by atoms with Crippen molar-refractivity contribution in [2.75, 3.05) is 12.3 Å². The van der Waals surface area contributed by atoms with Crippen LogP contribution in [0.15, 0.2) is 22.6 Å². The second kappa shape index (κ2) is 6.77. The van der Waals surface area contributed by atoms with Gasteiger partial charge in [0.05, 0.1) is 5.39 Å². The number of likely N-dealkylation sites (tertiary alicyclic amines) is 1. The van der Waals surface area contributed by atoms with Crippen molar-refractivity contribution in [2.45, 2.75) is 52.1 Å². The number of nitrogen functional groups attached to an aromatic ring is 1. The van der Waals surface area contributed by atoms with Crippen LogP contribution in [0, 0.1) is 0 Å². The Labute approximate surface area is 151 Å². The molecule has 1 atom stereocenters. The van der Waals surface area contributed by atoms with Crippen LogP contribution in [0.3, 0.4) is 0 Å². The van der Waals surface area contributed by atoms with E-state index in [1.807, 2.05) is 12.1 Å². The van der Waals surface area contributed by atoms with Gasteiger partial charge in [0.15, 0.2) is 11.6 Å². The van der Waals surface area contributed by atoms with Gasteiger partial charge in [-0.1, -0.05) is 13.3 Å². The minimum atomic E-state index is 0.531. The van der Waals surface area contributed by atoms with Crippen molar-refractivity contribution in [3.63, 3.8) is 0 Å². The van der Waals surface area contributed by atoms with Crippen LogP contribution in [0.5, 0.6) is 0 Å². The molecule has 1 aliphatic heterocycles. The summed E-state index contributed by atoms with van der Waals surface area (Å²) in [5, 5.41) is 0.954. The first-order chi connectivity index (χ1) is 12.1. The van der Waals surface area contributed by atoms with Crippen LogP contribution in [-0.4, -0.2) is 27.5 Å². The molecule has 0 amide bonds. The quantitative estimate of drug-likeness (QED) is 0.747. The first kappa shape index (κ1) is 16.5. The summed E-state index contributed by atoms with van der Waals surface area (Å²) in [6.07, 6.45) is 4.78. The topological polar surface area (TPSA) is 68.2 Å². The zero-order valence-electron chi connectivity index (χ0n) is 14.8. The van der Waals surface area contributed by atoms with Crippen LogP contribution in [0.1, 0.15) is 43.7 Å². The molecular weight excluding hydrogens is 332 g/mol. The number of piperidine rings is 1. The van der Waals surface area contributed by atoms with Gasteiger partial charge in [0.1, 0.15) is 16.4 Å². The SMILES string of the molecule is CCc1ccc(-c2nc(N)c3cc(CN4CCCC[C@@H]4C)sc3n2)o1. The van der Waals surface area contributed by atoms with Gasteiger partial charge in [-0.3, -0.25) is 4.90 Å². The van der Waals surface area contributed by atoms with Crippen LogP contribution in [0.25, 0.3) is 21.8 Å². The Morgan fingerprint density at radius 3 is 2.96 bits per heavy atom. The normalized spacial score (nSPS) is 18.9. The Morgan fingerprint density at radius 2 is 2.20 bits per heavy atom. The minimum Gasteiger partial charge on any atom is -0.458 e. The lowest BCUT2D eigenvalue weighted by Gasteiger charge is -2.32. The molecule has 25 heavy (non-hydrogen) atoms. The standard InChI is InChI=1S/C19H24N4OS/c1-3-13-7-8-16(24-13)18-21-17(20)15-10-14(25-19(15)22-18)11-23-9-5-4-6-12(23)2/h7-8,10,12H,3-6,9,11H2,1-2H3,(H2,20,21,22)/t12-/m0/s1. The van der Waals surface area contributed by atoms with E-state index in [9.17, 15) is 0 Å². The average molecular weight is 356 g/mol. The zero-order valence-corrected chi connectivity index (χ0v) is 15.6. The molecular formula is C19H24N4OS. The lowest BCUT2D eigenvalue weighted by molar-refractivity contribution is 0.154. The van der Waals surface area contributed by atoms with E-state index in [0.29, 0.717) is 23.4 Å². The molecule has 1 fully saturated rings. The third-order valence-electron chi connectivity index (χ3n) is 5.00. The predicted molar refractivity (Wildman–Crippen MR) is 103 cm³/mol. The fourth-order valence-electron chi connectivity index (χ4n) is 3.46. The molecule has 0 saturated carbocycles. The largest absolute Gasteiger partial charge is 0.458 e. The number of nitrogens with two attached hydrogens (primary N) is 1. The molecule has 1 saturated heterocycles. The number of aromatic nitrogens is 2. The summed E-state index contributed by atoms with van der Waals surface area (Å²) >= 11 is 1.71. The molecule has 0 spiro atoms. The number of nitrogens with zero attached hydrogens (tertiary/aromatic N) is 3. The summed E-state index contributed by atoms with van der Waals surface area (Å²) in [7, 11) is 0. The van der Waals surface area contributed by atoms with Gasteiger partial charge in [0.25, 0.3) is 0 Å². The molecule has 5 nitrogen and oxygen atoms in total. The van der Waals surface area contributed by atoms with E-state index in [4.69, 9.17) is 15.1 Å². The van der Waals surface area contributed by atoms with E-state index >= 15 is 0 Å². The van der Waals surface area contributed by atoms with Gasteiger partial charge < -0.3 is 10.2 Å². The maximum atomic E-state index is 6.21. The summed E-state index contributed by atoms with van der Waals surface area (Å²) in [6, 6.07) is 6.69. The van der Waals surface area contributed by atoms with E-state index in [2.05, 4.69) is 29.8 Å². The van der Waals surface area contributed by atoms with Gasteiger partial charge in [-0.15, -0.1) is 11.3 Å². The Morgan fingerprint density at radius 1 is 1.32 bits per heavy atom. The summed E-state index contributed by atoms with van der Waals surface area (Å²) in [4.78, 5) is 14.0. The van der Waals surface area contributed by atoms with Crippen molar-refractivity contribution in [3.05, 3.63) is 28.8 Å². The summed E-state index contributed by atoms with van der Waals surface area (Å²) in [5.41, 5.74) is 6.21. The Hall–Kier alpha value is -1.92. The van der Waals surface area contributed by atoms with Crippen LogP contribution in [0.2, 0.25) is 0 Å². The number of rotatable bonds is 4. The second-order valence-electron chi connectivity index (χ2n) is 6.80. The van der Waals surface area contributed by atoms with Crippen molar-refractivity contribution in [2.24, 2.45) is 0 Å². The number of fused-ring (bicyclic) bond motifs is 1. The van der Waals surface area contributed by atoms with Crippen molar-refractivity contribution in [1.82, 2.24) is 14.9 Å². The highest BCUT2D eigenvalue weighted by atomic mass is 32.1. The number of hydrogen-bond acceptors (Lipinski definition) is 6. The van der Waals surface area contributed by atoms with E-state index in [1.165, 1.54) is 30.7 Å². The molecule has 0 bridgehead atoms. The lowest BCUT2D eigenvalue weighted by Crippen LogP contribution is -2.36. The Balaban J connectivity index is 1.64. The highest BCUT2D eigenvalue weighted by molar-refractivity contribution is 7.18. The van der Waals surface area contributed by atoms with E-state index in [1.54, 1.807) is 11.3 Å². The molecule has 1 aliphatic rings. The molecule has 6 heteroatoms. The van der Waals surface area contributed by atoms with Crippen LogP contribution in [-0.2, 0) is 13.0 Å². The molecule has 3 aromatic rings. The molecule has 3 aromatic heterocycles. The van der Waals surface area contributed by atoms with Crippen molar-refractivity contribution >= 4 is 27.4 Å². The van der Waals surface area contributed by atoms with E-state index in [-0.39, 0.29) is 0 Å². The second-order valence-corrected chi connectivity index (χ2v) is 7.91. The fraction of sp³-hybridized carbons (Fsp3) is 0.474. The molecule has 4 rings (SSSR count). The van der Waals surface area contributed by atoms with Crippen LogP contribution < -0.4 is 5.73 Å². The van der Waals surface area contributed by atoms with Crippen molar-refractivity contribution in [3.8, 4) is 11.6 Å². The van der Waals surface area contributed by atoms with Gasteiger partial charge in [-0.05, 0) is 44.5 Å². The maximum absolute atomic E-state index is 6.21. The summed E-state index contributed by atoms with van der Waals surface area (Å²) in [6.45, 7) is 6.53.